The molecule has 2 N–H and O–H groups in total. The molecule has 2 aromatic heterocycles. The van der Waals surface area contributed by atoms with Gasteiger partial charge in [-0.2, -0.15) is 0 Å². The molecule has 0 unspecified atom stereocenters. The van der Waals surface area contributed by atoms with Crippen LogP contribution in [0.2, 0.25) is 0 Å². The second-order valence-electron chi connectivity index (χ2n) is 10.2. The number of rotatable bonds is 4. The Hall–Kier alpha value is -4.96. The van der Waals surface area contributed by atoms with Crippen LogP contribution in [0.5, 0.6) is 0 Å². The van der Waals surface area contributed by atoms with Crippen LogP contribution in [-0.2, 0) is 17.8 Å². The average Bonchev–Trinajstić information content (AvgIpc) is 3.53. The minimum absolute atomic E-state index is 0.420. The van der Waals surface area contributed by atoms with Gasteiger partial charge in [-0.25, -0.2) is 0 Å². The number of hydrogen-bond donors (Lipinski definition) is 1. The number of para-hydroxylation sites is 3. The lowest BCUT2D eigenvalue weighted by atomic mass is 9.98. The molecule has 4 heteroatoms. The molecule has 0 radical (unpaired) electrons. The van der Waals surface area contributed by atoms with Crippen LogP contribution in [-0.4, -0.2) is 4.57 Å². The van der Waals surface area contributed by atoms with E-state index in [9.17, 15) is 0 Å². The number of allylic oxidation sites excluding steroid dienone is 1. The molecule has 4 nitrogen and oxygen atoms in total. The summed E-state index contributed by atoms with van der Waals surface area (Å²) < 4.78 is 15.1. The lowest BCUT2D eigenvalue weighted by Crippen LogP contribution is -2.12. The van der Waals surface area contributed by atoms with E-state index in [1.54, 1.807) is 0 Å². The number of nitrogens with zero attached hydrogens (tertiary/aromatic N) is 1. The zero-order valence-electron chi connectivity index (χ0n) is 21.4. The van der Waals surface area contributed by atoms with Gasteiger partial charge in [0.25, 0.3) is 0 Å². The molecule has 0 fully saturated rings. The summed E-state index contributed by atoms with van der Waals surface area (Å²) in [5.41, 5.74) is 13.9. The van der Waals surface area contributed by atoms with Gasteiger partial charge < -0.3 is 19.5 Å². The van der Waals surface area contributed by atoms with E-state index in [2.05, 4.69) is 95.6 Å². The van der Waals surface area contributed by atoms with Gasteiger partial charge in [-0.05, 0) is 41.6 Å². The molecule has 0 spiro atoms. The van der Waals surface area contributed by atoms with Gasteiger partial charge in [0, 0.05) is 28.0 Å². The van der Waals surface area contributed by atoms with Crippen molar-refractivity contribution >= 4 is 49.3 Å². The molecule has 0 saturated heterocycles. The first kappa shape index (κ1) is 22.1. The second-order valence-corrected chi connectivity index (χ2v) is 10.2. The molecule has 8 rings (SSSR count). The fourth-order valence-corrected chi connectivity index (χ4v) is 6.21. The van der Waals surface area contributed by atoms with Crippen molar-refractivity contribution in [3.8, 4) is 5.69 Å². The van der Waals surface area contributed by atoms with E-state index >= 15 is 0 Å². The minimum Gasteiger partial charge on any atom is -0.486 e. The number of benzene rings is 5. The van der Waals surface area contributed by atoms with Crippen molar-refractivity contribution in [1.29, 1.82) is 0 Å². The van der Waals surface area contributed by atoms with Crippen molar-refractivity contribution in [1.82, 2.24) is 4.57 Å². The molecule has 0 saturated carbocycles. The van der Waals surface area contributed by atoms with Crippen molar-refractivity contribution in [2.45, 2.75) is 19.4 Å². The summed E-state index contributed by atoms with van der Waals surface area (Å²) in [5.74, 6) is 1.70. The highest BCUT2D eigenvalue weighted by molar-refractivity contribution is 6.10. The normalized spacial score (nSPS) is 13.5. The highest BCUT2D eigenvalue weighted by Gasteiger charge is 2.26. The molecule has 1 aliphatic rings. The van der Waals surface area contributed by atoms with Crippen LogP contribution in [0, 0.1) is 0 Å². The molecule has 0 amide bonds. The number of furan rings is 1. The topological polar surface area (TPSA) is 53.3 Å². The molecule has 0 atom stereocenters. The van der Waals surface area contributed by atoms with Crippen LogP contribution in [0.15, 0.2) is 119 Å². The number of fused-ring (bicyclic) bond motifs is 7. The molecule has 0 bridgehead atoms. The number of aryl methyl sites for hydroxylation is 1. The first-order valence-electron chi connectivity index (χ1n) is 13.4. The molecular weight excluding hydrogens is 480 g/mol. The quantitative estimate of drug-likeness (QED) is 0.260. The maximum absolute atomic E-state index is 6.54. The van der Waals surface area contributed by atoms with Crippen molar-refractivity contribution in [3.05, 3.63) is 132 Å². The zero-order valence-corrected chi connectivity index (χ0v) is 21.4. The van der Waals surface area contributed by atoms with E-state index in [0.29, 0.717) is 6.61 Å². The van der Waals surface area contributed by atoms with E-state index in [0.717, 1.165) is 57.8 Å². The van der Waals surface area contributed by atoms with Crippen molar-refractivity contribution in [2.75, 3.05) is 0 Å². The molecule has 7 aromatic rings. The van der Waals surface area contributed by atoms with Crippen LogP contribution in [0.1, 0.15) is 23.3 Å². The molecule has 1 aliphatic carbocycles. The van der Waals surface area contributed by atoms with E-state index in [1.807, 2.05) is 18.2 Å². The summed E-state index contributed by atoms with van der Waals surface area (Å²) in [7, 11) is 0. The van der Waals surface area contributed by atoms with Crippen molar-refractivity contribution in [3.63, 3.8) is 0 Å². The van der Waals surface area contributed by atoms with E-state index in [-0.39, 0.29) is 0 Å². The van der Waals surface area contributed by atoms with Gasteiger partial charge in [0.15, 0.2) is 0 Å². The number of hydrogen-bond acceptors (Lipinski definition) is 3. The number of nitrogens with two attached hydrogens (primary N) is 1. The summed E-state index contributed by atoms with van der Waals surface area (Å²) in [6.45, 7) is 0.420. The van der Waals surface area contributed by atoms with E-state index in [4.69, 9.17) is 14.9 Å². The Morgan fingerprint density at radius 3 is 2.00 bits per heavy atom. The van der Waals surface area contributed by atoms with E-state index < -0.39 is 0 Å². The van der Waals surface area contributed by atoms with Crippen LogP contribution >= 0.6 is 0 Å². The average molecular weight is 507 g/mol. The fraction of sp³-hybridized carbons (Fsp3) is 0.0857. The molecule has 0 aliphatic heterocycles. The Morgan fingerprint density at radius 1 is 0.641 bits per heavy atom. The summed E-state index contributed by atoms with van der Waals surface area (Å²) in [6, 6.07) is 38.3. The minimum atomic E-state index is 0.420. The van der Waals surface area contributed by atoms with Gasteiger partial charge in [-0.1, -0.05) is 84.9 Å². The Labute approximate surface area is 225 Å². The highest BCUT2D eigenvalue weighted by Crippen LogP contribution is 2.39. The van der Waals surface area contributed by atoms with Crippen LogP contribution in [0.3, 0.4) is 0 Å². The predicted molar refractivity (Wildman–Crippen MR) is 159 cm³/mol. The molecule has 5 aromatic carbocycles. The van der Waals surface area contributed by atoms with Gasteiger partial charge in [-0.3, -0.25) is 0 Å². The molecule has 39 heavy (non-hydrogen) atoms. The summed E-state index contributed by atoms with van der Waals surface area (Å²) in [6.07, 6.45) is 1.52. The van der Waals surface area contributed by atoms with Crippen LogP contribution in [0.25, 0.3) is 55.0 Å². The van der Waals surface area contributed by atoms with Crippen molar-refractivity contribution in [2.24, 2.45) is 5.73 Å². The maximum Gasteiger partial charge on any atom is 0.149 e. The molecular formula is C35H26N2O2. The molecule has 2 heterocycles. The predicted octanol–water partition coefficient (Wildman–Crippen LogP) is 8.47. The monoisotopic (exact) mass is 506 g/mol. The Bertz CT molecular complexity index is 2040. The summed E-state index contributed by atoms with van der Waals surface area (Å²) in [4.78, 5) is 0. The third-order valence-electron chi connectivity index (χ3n) is 7.99. The maximum atomic E-state index is 6.54. The SMILES string of the molecule is NC1=C(OCc2ccc(-n3c4ccccc4c4ccccc43)c3ccccc23)c2c(oc3ccccc23)CC1. The Balaban J connectivity index is 1.24. The van der Waals surface area contributed by atoms with E-state index in [1.165, 1.54) is 32.6 Å². The highest BCUT2D eigenvalue weighted by atomic mass is 16.5. The summed E-state index contributed by atoms with van der Waals surface area (Å²) >= 11 is 0. The lowest BCUT2D eigenvalue weighted by molar-refractivity contribution is 0.260. The van der Waals surface area contributed by atoms with Crippen molar-refractivity contribution < 1.29 is 9.15 Å². The van der Waals surface area contributed by atoms with Gasteiger partial charge in [0.1, 0.15) is 23.7 Å². The molecule has 188 valence electrons. The van der Waals surface area contributed by atoms with Gasteiger partial charge in [0.05, 0.1) is 28.0 Å². The van der Waals surface area contributed by atoms with Gasteiger partial charge in [-0.15, -0.1) is 0 Å². The standard InChI is InChI=1S/C35H26N2O2/c36-28-18-20-33-34(27-13-5-8-16-32(27)39-33)35(28)38-21-22-17-19-31(24-10-2-1-9-23(22)24)37-29-14-6-3-11-25(29)26-12-4-7-15-30(26)37/h1-17,19H,18,20-21,36H2. The van der Waals surface area contributed by atoms with Gasteiger partial charge in [0.2, 0.25) is 0 Å². The first-order chi connectivity index (χ1) is 19.3. The number of aromatic nitrogens is 1. The lowest BCUT2D eigenvalue weighted by Gasteiger charge is -2.20. The van der Waals surface area contributed by atoms with Crippen LogP contribution < -0.4 is 5.73 Å². The smallest absolute Gasteiger partial charge is 0.149 e. The Kier molecular flexibility index (Phi) is 4.83. The zero-order chi connectivity index (χ0) is 25.9. The summed E-state index contributed by atoms with van der Waals surface area (Å²) in [5, 5.41) is 5.92. The first-order valence-corrected chi connectivity index (χ1v) is 13.4. The largest absolute Gasteiger partial charge is 0.486 e. The third kappa shape index (κ3) is 3.31. The van der Waals surface area contributed by atoms with Crippen LogP contribution in [0.4, 0.5) is 0 Å². The Morgan fingerprint density at radius 2 is 1.26 bits per heavy atom. The fourth-order valence-electron chi connectivity index (χ4n) is 6.21. The second kappa shape index (κ2) is 8.53. The number of ether oxygens (including phenoxy) is 1. The third-order valence-corrected chi connectivity index (χ3v) is 7.99. The van der Waals surface area contributed by atoms with Gasteiger partial charge >= 0.3 is 0 Å².